The Balaban J connectivity index is 1.86. The van der Waals surface area contributed by atoms with Crippen LogP contribution in [0, 0.1) is 0 Å². The topological polar surface area (TPSA) is 31.1 Å². The van der Waals surface area contributed by atoms with Gasteiger partial charge in [-0.25, -0.2) is 0 Å². The average Bonchev–Trinajstić information content (AvgIpc) is 2.83. The normalized spacial score (nSPS) is 22.8. The number of likely N-dealkylation sites (tertiary alicyclic amines) is 1. The summed E-state index contributed by atoms with van der Waals surface area (Å²) in [7, 11) is 2.22. The van der Waals surface area contributed by atoms with Crippen molar-refractivity contribution >= 4 is 10.9 Å². The Labute approximate surface area is 114 Å². The van der Waals surface area contributed by atoms with Crippen molar-refractivity contribution in [2.45, 2.75) is 24.8 Å². The summed E-state index contributed by atoms with van der Waals surface area (Å²) in [4.78, 5) is 6.14. The van der Waals surface area contributed by atoms with E-state index in [0.717, 1.165) is 13.0 Å². The average molecular weight is 255 g/mol. The minimum Gasteiger partial charge on any atom is -0.357 e. The first kappa shape index (κ1) is 11.5. The molecule has 3 nitrogen and oxygen atoms in total. The lowest BCUT2D eigenvalue weighted by Crippen LogP contribution is -2.53. The maximum Gasteiger partial charge on any atom is 0.0614 e. The number of nitrogens with one attached hydrogen (secondary N) is 2. The summed E-state index contributed by atoms with van der Waals surface area (Å²) < 4.78 is 0. The highest BCUT2D eigenvalue weighted by molar-refractivity contribution is 5.85. The van der Waals surface area contributed by atoms with Crippen LogP contribution >= 0.6 is 0 Å². The Morgan fingerprint density at radius 2 is 1.95 bits per heavy atom. The van der Waals surface area contributed by atoms with E-state index in [-0.39, 0.29) is 5.54 Å². The lowest BCUT2D eigenvalue weighted by atomic mass is 9.79. The number of piperidine rings is 1. The number of rotatable bonds is 0. The molecule has 1 fully saturated rings. The van der Waals surface area contributed by atoms with Crippen LogP contribution in [-0.2, 0) is 12.0 Å². The van der Waals surface area contributed by atoms with Crippen molar-refractivity contribution in [3.05, 3.63) is 35.5 Å². The maximum atomic E-state index is 3.81. The van der Waals surface area contributed by atoms with Gasteiger partial charge >= 0.3 is 0 Å². The maximum absolute atomic E-state index is 3.81. The van der Waals surface area contributed by atoms with Gasteiger partial charge in [0.15, 0.2) is 0 Å². The number of hydrogen-bond donors (Lipinski definition) is 2. The zero-order chi connectivity index (χ0) is 12.9. The largest absolute Gasteiger partial charge is 0.357 e. The fourth-order valence-corrected chi connectivity index (χ4v) is 3.81. The molecule has 4 rings (SSSR count). The summed E-state index contributed by atoms with van der Waals surface area (Å²) in [6, 6.07) is 8.74. The Morgan fingerprint density at radius 3 is 2.79 bits per heavy atom. The lowest BCUT2D eigenvalue weighted by Gasteiger charge is -2.44. The molecule has 2 aromatic rings. The number of hydrogen-bond acceptors (Lipinski definition) is 2. The molecule has 0 aliphatic carbocycles. The number of H-pyrrole nitrogens is 1. The highest BCUT2D eigenvalue weighted by Gasteiger charge is 2.40. The number of fused-ring (bicyclic) bond motifs is 4. The van der Waals surface area contributed by atoms with Crippen LogP contribution in [0.25, 0.3) is 10.9 Å². The summed E-state index contributed by atoms with van der Waals surface area (Å²) >= 11 is 0. The zero-order valence-electron chi connectivity index (χ0n) is 11.5. The van der Waals surface area contributed by atoms with Crippen molar-refractivity contribution in [2.24, 2.45) is 0 Å². The van der Waals surface area contributed by atoms with E-state index in [2.05, 4.69) is 46.5 Å². The molecule has 100 valence electrons. The van der Waals surface area contributed by atoms with Crippen LogP contribution in [0.1, 0.15) is 24.1 Å². The third-order valence-corrected chi connectivity index (χ3v) is 4.97. The standard InChI is InChI=1S/C16H21N3/c1-19-10-7-16(8-11-19)15-13(6-9-17-16)12-4-2-3-5-14(12)18-15/h2-5,17-18H,6-11H2,1H3. The van der Waals surface area contributed by atoms with Gasteiger partial charge in [0.05, 0.1) is 5.54 Å². The van der Waals surface area contributed by atoms with Crippen LogP contribution in [0.2, 0.25) is 0 Å². The first-order valence-corrected chi connectivity index (χ1v) is 7.32. The van der Waals surface area contributed by atoms with Crippen LogP contribution in [0.4, 0.5) is 0 Å². The van der Waals surface area contributed by atoms with Crippen LogP contribution in [0.15, 0.2) is 24.3 Å². The minimum absolute atomic E-state index is 0.194. The van der Waals surface area contributed by atoms with Crippen LogP contribution in [0.5, 0.6) is 0 Å². The smallest absolute Gasteiger partial charge is 0.0614 e. The van der Waals surface area contributed by atoms with Gasteiger partial charge in [-0.15, -0.1) is 0 Å². The quantitative estimate of drug-likeness (QED) is 0.756. The predicted octanol–water partition coefficient (Wildman–Crippen LogP) is 2.23. The first-order chi connectivity index (χ1) is 9.28. The summed E-state index contributed by atoms with van der Waals surface area (Å²) in [5, 5.41) is 5.24. The number of para-hydroxylation sites is 1. The van der Waals surface area contributed by atoms with Gasteiger partial charge in [0, 0.05) is 23.1 Å². The predicted molar refractivity (Wildman–Crippen MR) is 78.4 cm³/mol. The van der Waals surface area contributed by atoms with Crippen LogP contribution in [0.3, 0.4) is 0 Å². The number of aromatic amines is 1. The second kappa shape index (κ2) is 4.09. The second-order valence-electron chi connectivity index (χ2n) is 6.09. The molecule has 1 saturated heterocycles. The molecular weight excluding hydrogens is 234 g/mol. The molecule has 3 heteroatoms. The molecule has 1 spiro atoms. The van der Waals surface area contributed by atoms with Crippen molar-refractivity contribution in [1.29, 1.82) is 0 Å². The monoisotopic (exact) mass is 255 g/mol. The van der Waals surface area contributed by atoms with Crippen molar-refractivity contribution in [1.82, 2.24) is 15.2 Å². The number of nitrogens with zero attached hydrogens (tertiary/aromatic N) is 1. The molecule has 19 heavy (non-hydrogen) atoms. The Kier molecular flexibility index (Phi) is 2.47. The fraction of sp³-hybridized carbons (Fsp3) is 0.500. The van der Waals surface area contributed by atoms with E-state index < -0.39 is 0 Å². The number of benzene rings is 1. The van der Waals surface area contributed by atoms with Gasteiger partial charge < -0.3 is 15.2 Å². The summed E-state index contributed by atoms with van der Waals surface area (Å²) in [5.74, 6) is 0. The van der Waals surface area contributed by atoms with Crippen molar-refractivity contribution in [3.8, 4) is 0 Å². The Bertz CT molecular complexity index is 605. The molecule has 2 aliphatic heterocycles. The molecule has 0 atom stereocenters. The van der Waals surface area contributed by atoms with E-state index in [1.54, 1.807) is 5.56 Å². The lowest BCUT2D eigenvalue weighted by molar-refractivity contribution is 0.147. The van der Waals surface area contributed by atoms with Crippen LogP contribution in [-0.4, -0.2) is 36.6 Å². The third-order valence-electron chi connectivity index (χ3n) is 4.97. The highest BCUT2D eigenvalue weighted by Crippen LogP contribution is 2.39. The van der Waals surface area contributed by atoms with Gasteiger partial charge in [0.1, 0.15) is 0 Å². The van der Waals surface area contributed by atoms with E-state index in [1.807, 2.05) is 0 Å². The van der Waals surface area contributed by atoms with E-state index in [9.17, 15) is 0 Å². The van der Waals surface area contributed by atoms with Gasteiger partial charge in [-0.1, -0.05) is 18.2 Å². The SMILES string of the molecule is CN1CCC2(CC1)NCCc1c2[nH]c2ccccc12. The Hall–Kier alpha value is -1.32. The van der Waals surface area contributed by atoms with Gasteiger partial charge in [-0.3, -0.25) is 0 Å². The Morgan fingerprint density at radius 1 is 1.16 bits per heavy atom. The molecule has 0 bridgehead atoms. The second-order valence-corrected chi connectivity index (χ2v) is 6.09. The third kappa shape index (κ3) is 1.65. The molecule has 0 saturated carbocycles. The van der Waals surface area contributed by atoms with Gasteiger partial charge in [-0.05, 0) is 51.0 Å². The van der Waals surface area contributed by atoms with Crippen molar-refractivity contribution in [2.75, 3.05) is 26.7 Å². The summed E-state index contributed by atoms with van der Waals surface area (Å²) in [6.07, 6.45) is 3.57. The molecule has 3 heterocycles. The van der Waals surface area contributed by atoms with Crippen molar-refractivity contribution < 1.29 is 0 Å². The van der Waals surface area contributed by atoms with Gasteiger partial charge in [0.25, 0.3) is 0 Å². The molecule has 1 aromatic heterocycles. The fourth-order valence-electron chi connectivity index (χ4n) is 3.81. The highest BCUT2D eigenvalue weighted by atomic mass is 15.1. The van der Waals surface area contributed by atoms with E-state index in [1.165, 1.54) is 42.5 Å². The van der Waals surface area contributed by atoms with E-state index in [0.29, 0.717) is 0 Å². The molecule has 2 N–H and O–H groups in total. The molecule has 2 aliphatic rings. The molecule has 1 aromatic carbocycles. The van der Waals surface area contributed by atoms with E-state index in [4.69, 9.17) is 0 Å². The van der Waals surface area contributed by atoms with Crippen LogP contribution < -0.4 is 5.32 Å². The van der Waals surface area contributed by atoms with E-state index >= 15 is 0 Å². The van der Waals surface area contributed by atoms with Crippen molar-refractivity contribution in [3.63, 3.8) is 0 Å². The summed E-state index contributed by atoms with van der Waals surface area (Å²) in [6.45, 7) is 3.47. The molecule has 0 radical (unpaired) electrons. The van der Waals surface area contributed by atoms with Gasteiger partial charge in [-0.2, -0.15) is 0 Å². The number of aromatic nitrogens is 1. The van der Waals surface area contributed by atoms with Gasteiger partial charge in [0.2, 0.25) is 0 Å². The molecular formula is C16H21N3. The first-order valence-electron chi connectivity index (χ1n) is 7.32. The summed E-state index contributed by atoms with van der Waals surface area (Å²) in [5.41, 5.74) is 4.51. The zero-order valence-corrected chi connectivity index (χ0v) is 11.5. The molecule has 0 unspecified atom stereocenters. The minimum atomic E-state index is 0.194. The molecule has 0 amide bonds.